The Morgan fingerprint density at radius 1 is 1.18 bits per heavy atom. The summed E-state index contributed by atoms with van der Waals surface area (Å²) in [5, 5.41) is 3.11. The summed E-state index contributed by atoms with van der Waals surface area (Å²) in [6.45, 7) is 0.0894. The second kappa shape index (κ2) is 6.10. The van der Waals surface area contributed by atoms with Gasteiger partial charge in [0.1, 0.15) is 0 Å². The summed E-state index contributed by atoms with van der Waals surface area (Å²) < 4.78 is 29.0. The predicted octanol–water partition coefficient (Wildman–Crippen LogP) is 2.65. The van der Waals surface area contributed by atoms with Gasteiger partial charge in [0.2, 0.25) is 0 Å². The maximum Gasteiger partial charge on any atom is 0.178 e. The molecule has 0 aliphatic carbocycles. The number of halogens is 2. The van der Waals surface area contributed by atoms with Crippen molar-refractivity contribution in [2.24, 2.45) is 0 Å². The Hall–Kier alpha value is -1.85. The van der Waals surface area contributed by atoms with Crippen LogP contribution in [0.2, 0.25) is 0 Å². The van der Waals surface area contributed by atoms with Gasteiger partial charge in [0, 0.05) is 18.9 Å². The molecule has 0 amide bonds. The van der Waals surface area contributed by atoms with E-state index in [1.165, 1.54) is 7.05 Å². The molecule has 2 heterocycles. The molecule has 2 aromatic rings. The van der Waals surface area contributed by atoms with Crippen molar-refractivity contribution in [1.29, 1.82) is 0 Å². The van der Waals surface area contributed by atoms with Gasteiger partial charge in [0.15, 0.2) is 12.6 Å². The maximum atomic E-state index is 15.1. The van der Waals surface area contributed by atoms with E-state index in [-0.39, 0.29) is 6.54 Å². The van der Waals surface area contributed by atoms with Crippen LogP contribution in [0, 0.1) is 0 Å². The highest BCUT2D eigenvalue weighted by Crippen LogP contribution is 2.36. The number of likely N-dealkylation sites (N-methyl/N-ethyl adjacent to an activating group) is 1. The standard InChI is InChI=1S/C17H19F2N3/c1-22-15(18)12-21-17(16(22)19,14-7-9-20-10-8-14)11-13-5-3-2-4-6-13/h2-10,15-16,21H,11-12H2,1H3. The Labute approximate surface area is 129 Å². The van der Waals surface area contributed by atoms with Crippen LogP contribution in [0.4, 0.5) is 8.78 Å². The Bertz CT molecular complexity index is 608. The van der Waals surface area contributed by atoms with E-state index in [4.69, 9.17) is 0 Å². The summed E-state index contributed by atoms with van der Waals surface area (Å²) >= 11 is 0. The van der Waals surface area contributed by atoms with Crippen molar-refractivity contribution in [3.8, 4) is 0 Å². The number of benzene rings is 1. The van der Waals surface area contributed by atoms with Crippen molar-refractivity contribution in [3.63, 3.8) is 0 Å². The van der Waals surface area contributed by atoms with Gasteiger partial charge in [-0.3, -0.25) is 10.3 Å². The highest BCUT2D eigenvalue weighted by Gasteiger charge is 2.48. The molecule has 1 aromatic heterocycles. The number of pyridine rings is 1. The molecule has 1 saturated heterocycles. The normalized spacial score (nSPS) is 29.4. The number of rotatable bonds is 3. The fourth-order valence-electron chi connectivity index (χ4n) is 3.04. The topological polar surface area (TPSA) is 28.2 Å². The minimum Gasteiger partial charge on any atom is -0.299 e. The molecule has 1 aromatic carbocycles. The molecule has 3 rings (SSSR count). The number of piperazine rings is 1. The third kappa shape index (κ3) is 2.62. The van der Waals surface area contributed by atoms with Gasteiger partial charge >= 0.3 is 0 Å². The first kappa shape index (κ1) is 15.1. The van der Waals surface area contributed by atoms with Gasteiger partial charge in [-0.05, 0) is 36.7 Å². The van der Waals surface area contributed by atoms with Crippen LogP contribution < -0.4 is 5.32 Å². The average molecular weight is 303 g/mol. The number of hydrogen-bond donors (Lipinski definition) is 1. The third-order valence-corrected chi connectivity index (χ3v) is 4.31. The average Bonchev–Trinajstić information content (AvgIpc) is 2.57. The number of aromatic nitrogens is 1. The molecule has 1 fully saturated rings. The summed E-state index contributed by atoms with van der Waals surface area (Å²) in [4.78, 5) is 5.15. The van der Waals surface area contributed by atoms with Crippen LogP contribution in [0.3, 0.4) is 0 Å². The molecule has 22 heavy (non-hydrogen) atoms. The van der Waals surface area contributed by atoms with Crippen molar-refractivity contribution in [2.45, 2.75) is 24.6 Å². The molecule has 1 aliphatic heterocycles. The van der Waals surface area contributed by atoms with Gasteiger partial charge in [0.25, 0.3) is 0 Å². The molecule has 0 bridgehead atoms. The van der Waals surface area contributed by atoms with E-state index in [1.807, 2.05) is 30.3 Å². The largest absolute Gasteiger partial charge is 0.299 e. The fraction of sp³-hybridized carbons (Fsp3) is 0.353. The highest BCUT2D eigenvalue weighted by molar-refractivity contribution is 5.30. The number of nitrogens with one attached hydrogen (secondary N) is 1. The Kier molecular flexibility index (Phi) is 4.18. The van der Waals surface area contributed by atoms with Crippen LogP contribution in [0.5, 0.6) is 0 Å². The molecule has 3 unspecified atom stereocenters. The van der Waals surface area contributed by atoms with E-state index >= 15 is 4.39 Å². The summed E-state index contributed by atoms with van der Waals surface area (Å²) in [6, 6.07) is 13.3. The van der Waals surface area contributed by atoms with E-state index < -0.39 is 18.1 Å². The van der Waals surface area contributed by atoms with Crippen LogP contribution in [-0.4, -0.2) is 36.1 Å². The minimum atomic E-state index is -1.47. The first-order chi connectivity index (χ1) is 10.6. The van der Waals surface area contributed by atoms with E-state index in [1.54, 1.807) is 24.5 Å². The zero-order valence-corrected chi connectivity index (χ0v) is 12.4. The minimum absolute atomic E-state index is 0.0894. The molecule has 0 saturated carbocycles. The van der Waals surface area contributed by atoms with E-state index in [0.29, 0.717) is 6.42 Å². The first-order valence-corrected chi connectivity index (χ1v) is 7.33. The SMILES string of the molecule is CN1C(F)CNC(Cc2ccccc2)(c2ccncc2)C1F. The van der Waals surface area contributed by atoms with Crippen LogP contribution in [0.15, 0.2) is 54.9 Å². The summed E-state index contributed by atoms with van der Waals surface area (Å²) in [5.74, 6) is 0. The van der Waals surface area contributed by atoms with Gasteiger partial charge in [-0.2, -0.15) is 0 Å². The molecule has 1 N–H and O–H groups in total. The van der Waals surface area contributed by atoms with Crippen molar-refractivity contribution in [3.05, 3.63) is 66.0 Å². The van der Waals surface area contributed by atoms with Gasteiger partial charge in [-0.15, -0.1) is 0 Å². The number of nitrogens with zero attached hydrogens (tertiary/aromatic N) is 2. The Morgan fingerprint density at radius 2 is 1.86 bits per heavy atom. The monoisotopic (exact) mass is 303 g/mol. The lowest BCUT2D eigenvalue weighted by molar-refractivity contribution is -0.0910. The summed E-state index contributed by atoms with van der Waals surface area (Å²) in [6.07, 6.45) is 0.908. The van der Waals surface area contributed by atoms with E-state index in [0.717, 1.165) is 16.0 Å². The fourth-order valence-corrected chi connectivity index (χ4v) is 3.04. The van der Waals surface area contributed by atoms with Gasteiger partial charge in [-0.25, -0.2) is 13.7 Å². The molecule has 5 heteroatoms. The smallest absolute Gasteiger partial charge is 0.178 e. The van der Waals surface area contributed by atoms with Gasteiger partial charge in [-0.1, -0.05) is 30.3 Å². The van der Waals surface area contributed by atoms with E-state index in [9.17, 15) is 4.39 Å². The van der Waals surface area contributed by atoms with Gasteiger partial charge < -0.3 is 0 Å². The molecule has 3 nitrogen and oxygen atoms in total. The molecular weight excluding hydrogens is 284 g/mol. The molecule has 1 aliphatic rings. The predicted molar refractivity (Wildman–Crippen MR) is 81.6 cm³/mol. The van der Waals surface area contributed by atoms with Crippen LogP contribution >= 0.6 is 0 Å². The zero-order chi connectivity index (χ0) is 15.6. The van der Waals surface area contributed by atoms with Crippen molar-refractivity contribution in [1.82, 2.24) is 15.2 Å². The van der Waals surface area contributed by atoms with Crippen molar-refractivity contribution >= 4 is 0 Å². The zero-order valence-electron chi connectivity index (χ0n) is 12.4. The van der Waals surface area contributed by atoms with Crippen LogP contribution in [-0.2, 0) is 12.0 Å². The summed E-state index contributed by atoms with van der Waals surface area (Å²) in [5.41, 5.74) is 0.791. The maximum absolute atomic E-state index is 15.1. The lowest BCUT2D eigenvalue weighted by Crippen LogP contribution is -2.65. The lowest BCUT2D eigenvalue weighted by atomic mass is 9.81. The Balaban J connectivity index is 2.03. The third-order valence-electron chi connectivity index (χ3n) is 4.31. The molecular formula is C17H19F2N3. The summed E-state index contributed by atoms with van der Waals surface area (Å²) in [7, 11) is 1.48. The number of hydrogen-bond acceptors (Lipinski definition) is 3. The quantitative estimate of drug-likeness (QED) is 0.884. The second-order valence-electron chi connectivity index (χ2n) is 5.69. The molecule has 0 spiro atoms. The lowest BCUT2D eigenvalue weighted by Gasteiger charge is -2.47. The van der Waals surface area contributed by atoms with Crippen LogP contribution in [0.25, 0.3) is 0 Å². The van der Waals surface area contributed by atoms with Gasteiger partial charge in [0.05, 0.1) is 5.54 Å². The van der Waals surface area contributed by atoms with Crippen molar-refractivity contribution in [2.75, 3.05) is 13.6 Å². The Morgan fingerprint density at radius 3 is 2.55 bits per heavy atom. The second-order valence-corrected chi connectivity index (χ2v) is 5.69. The van der Waals surface area contributed by atoms with Crippen LogP contribution in [0.1, 0.15) is 11.1 Å². The molecule has 3 atom stereocenters. The number of alkyl halides is 2. The molecule has 116 valence electrons. The van der Waals surface area contributed by atoms with E-state index in [2.05, 4.69) is 10.3 Å². The highest BCUT2D eigenvalue weighted by atomic mass is 19.2. The van der Waals surface area contributed by atoms with Crippen molar-refractivity contribution < 1.29 is 8.78 Å². The molecule has 0 radical (unpaired) electrons. The first-order valence-electron chi connectivity index (χ1n) is 7.33.